The number of benzene rings is 1. The third-order valence-corrected chi connectivity index (χ3v) is 3.78. The molecule has 1 aromatic carbocycles. The molecular weight excluding hydrogens is 370 g/mol. The van der Waals surface area contributed by atoms with E-state index in [1.54, 1.807) is 12.4 Å². The second-order valence-corrected chi connectivity index (χ2v) is 5.77. The predicted octanol–water partition coefficient (Wildman–Crippen LogP) is 1.24. The van der Waals surface area contributed by atoms with Crippen molar-refractivity contribution < 1.29 is 29.2 Å². The molecular formula is C18H23N3O7. The molecule has 0 heterocycles. The zero-order valence-corrected chi connectivity index (χ0v) is 15.4. The Labute approximate surface area is 162 Å². The fourth-order valence-electron chi connectivity index (χ4n) is 2.36. The number of hydroxylamine groups is 1. The first-order chi connectivity index (χ1) is 13.4. The summed E-state index contributed by atoms with van der Waals surface area (Å²) in [7, 11) is 0. The van der Waals surface area contributed by atoms with Crippen LogP contribution in [0.2, 0.25) is 0 Å². The van der Waals surface area contributed by atoms with E-state index < -0.39 is 28.7 Å². The first kappa shape index (κ1) is 23.0. The number of nitrogens with zero attached hydrogens (tertiary/aromatic N) is 1. The van der Waals surface area contributed by atoms with Crippen LogP contribution < -0.4 is 10.8 Å². The van der Waals surface area contributed by atoms with E-state index >= 15 is 0 Å². The number of terminal acetylenes is 1. The number of ether oxygens (including phenoxy) is 2. The second kappa shape index (κ2) is 12.4. The van der Waals surface area contributed by atoms with Crippen LogP contribution in [0.1, 0.15) is 30.1 Å². The second-order valence-electron chi connectivity index (χ2n) is 5.77. The maximum absolute atomic E-state index is 12.4. The highest BCUT2D eigenvalue weighted by atomic mass is 16.7. The first-order valence-corrected chi connectivity index (χ1v) is 8.51. The number of hydrogen-bond acceptors (Lipinski definition) is 7. The first-order valence-electron chi connectivity index (χ1n) is 8.51. The van der Waals surface area contributed by atoms with Gasteiger partial charge in [-0.3, -0.25) is 24.9 Å². The monoisotopic (exact) mass is 393 g/mol. The summed E-state index contributed by atoms with van der Waals surface area (Å²) in [5, 5.41) is 22.3. The maximum atomic E-state index is 12.4. The van der Waals surface area contributed by atoms with Crippen molar-refractivity contribution in [2.24, 2.45) is 5.92 Å². The van der Waals surface area contributed by atoms with E-state index in [1.165, 1.54) is 24.3 Å². The minimum absolute atomic E-state index is 0.00635. The van der Waals surface area contributed by atoms with Crippen molar-refractivity contribution in [3.05, 3.63) is 39.9 Å². The van der Waals surface area contributed by atoms with Crippen LogP contribution in [0.25, 0.3) is 0 Å². The highest BCUT2D eigenvalue weighted by molar-refractivity contribution is 5.94. The maximum Gasteiger partial charge on any atom is 0.269 e. The van der Waals surface area contributed by atoms with Crippen molar-refractivity contribution in [3.8, 4) is 12.3 Å². The van der Waals surface area contributed by atoms with Crippen molar-refractivity contribution in [1.29, 1.82) is 0 Å². The Morgan fingerprint density at radius 2 is 2.00 bits per heavy atom. The summed E-state index contributed by atoms with van der Waals surface area (Å²) in [5.74, 6) is 0.444. The standard InChI is InChI=1S/C18H23N3O7/c1-3-5-14(18(23)20-24)10-15(11-28-12-27-4-2)19-17(22)13-6-8-16(9-7-13)21(25)26/h1,6-9,14-15,24H,4-5,10-12H2,2H3,(H,19,22)(H,20,23). The Bertz CT molecular complexity index is 700. The number of carbonyl (C=O) groups excluding carboxylic acids is 2. The number of nitro benzene ring substituents is 1. The number of nitro groups is 1. The zero-order chi connectivity index (χ0) is 20.9. The van der Waals surface area contributed by atoms with Gasteiger partial charge in [0, 0.05) is 30.7 Å². The van der Waals surface area contributed by atoms with Crippen LogP contribution in [0.3, 0.4) is 0 Å². The lowest BCUT2D eigenvalue weighted by molar-refractivity contribution is -0.384. The van der Waals surface area contributed by atoms with Gasteiger partial charge in [-0.15, -0.1) is 12.3 Å². The largest absolute Gasteiger partial charge is 0.356 e. The zero-order valence-electron chi connectivity index (χ0n) is 15.4. The van der Waals surface area contributed by atoms with Crippen LogP contribution in [0.4, 0.5) is 5.69 Å². The van der Waals surface area contributed by atoms with Gasteiger partial charge >= 0.3 is 0 Å². The molecule has 2 unspecified atom stereocenters. The van der Waals surface area contributed by atoms with Gasteiger partial charge < -0.3 is 14.8 Å². The Hall–Kier alpha value is -3.00. The van der Waals surface area contributed by atoms with E-state index in [0.717, 1.165) is 0 Å². The van der Waals surface area contributed by atoms with Gasteiger partial charge in [0.15, 0.2) is 0 Å². The lowest BCUT2D eigenvalue weighted by Gasteiger charge is -2.22. The van der Waals surface area contributed by atoms with E-state index in [1.807, 2.05) is 0 Å². The molecule has 0 saturated carbocycles. The van der Waals surface area contributed by atoms with Gasteiger partial charge in [0.05, 0.1) is 23.5 Å². The van der Waals surface area contributed by atoms with Crippen LogP contribution in [0.5, 0.6) is 0 Å². The number of rotatable bonds is 12. The van der Waals surface area contributed by atoms with E-state index in [4.69, 9.17) is 21.1 Å². The smallest absolute Gasteiger partial charge is 0.269 e. The Kier molecular flexibility index (Phi) is 10.2. The Morgan fingerprint density at radius 1 is 1.32 bits per heavy atom. The molecule has 3 N–H and O–H groups in total. The molecule has 2 atom stereocenters. The quantitative estimate of drug-likeness (QED) is 0.121. The third-order valence-electron chi connectivity index (χ3n) is 3.78. The SMILES string of the molecule is C#CCC(CC(COCOCC)NC(=O)c1ccc([N+](=O)[O-])cc1)C(=O)NO. The van der Waals surface area contributed by atoms with Gasteiger partial charge in [-0.25, -0.2) is 5.48 Å². The molecule has 152 valence electrons. The van der Waals surface area contributed by atoms with Crippen LogP contribution in [0.15, 0.2) is 24.3 Å². The van der Waals surface area contributed by atoms with Gasteiger partial charge in [-0.2, -0.15) is 0 Å². The predicted molar refractivity (Wildman–Crippen MR) is 98.3 cm³/mol. The molecule has 0 fully saturated rings. The average molecular weight is 393 g/mol. The van der Waals surface area contributed by atoms with Crippen LogP contribution >= 0.6 is 0 Å². The van der Waals surface area contributed by atoms with Crippen molar-refractivity contribution in [1.82, 2.24) is 10.8 Å². The van der Waals surface area contributed by atoms with Crippen LogP contribution in [-0.4, -0.2) is 48.0 Å². The fraction of sp³-hybridized carbons (Fsp3) is 0.444. The highest BCUT2D eigenvalue weighted by Gasteiger charge is 2.24. The summed E-state index contributed by atoms with van der Waals surface area (Å²) in [6.07, 6.45) is 5.43. The van der Waals surface area contributed by atoms with Crippen molar-refractivity contribution in [2.45, 2.75) is 25.8 Å². The third kappa shape index (κ3) is 7.71. The molecule has 28 heavy (non-hydrogen) atoms. The van der Waals surface area contributed by atoms with E-state index in [2.05, 4.69) is 11.2 Å². The molecule has 0 bridgehead atoms. The van der Waals surface area contributed by atoms with Gasteiger partial charge in [0.25, 0.3) is 11.6 Å². The summed E-state index contributed by atoms with van der Waals surface area (Å²) in [5.41, 5.74) is 1.63. The number of amides is 2. The molecule has 0 aliphatic rings. The number of hydrogen-bond donors (Lipinski definition) is 3. The highest BCUT2D eigenvalue weighted by Crippen LogP contribution is 2.15. The minimum atomic E-state index is -0.743. The molecule has 1 rings (SSSR count). The fourth-order valence-corrected chi connectivity index (χ4v) is 2.36. The molecule has 10 heteroatoms. The number of non-ortho nitro benzene ring substituents is 1. The van der Waals surface area contributed by atoms with Gasteiger partial charge in [0.2, 0.25) is 5.91 Å². The molecule has 0 aliphatic heterocycles. The van der Waals surface area contributed by atoms with Gasteiger partial charge in [-0.1, -0.05) is 0 Å². The Morgan fingerprint density at radius 3 is 2.54 bits per heavy atom. The molecule has 10 nitrogen and oxygen atoms in total. The molecule has 2 amide bonds. The molecule has 1 aromatic rings. The van der Waals surface area contributed by atoms with Crippen LogP contribution in [-0.2, 0) is 14.3 Å². The molecule has 0 aromatic heterocycles. The topological polar surface area (TPSA) is 140 Å². The van der Waals surface area contributed by atoms with Gasteiger partial charge in [0.1, 0.15) is 6.79 Å². The lowest BCUT2D eigenvalue weighted by atomic mass is 9.96. The molecule has 0 radical (unpaired) electrons. The van der Waals surface area contributed by atoms with Crippen molar-refractivity contribution >= 4 is 17.5 Å². The summed E-state index contributed by atoms with van der Waals surface area (Å²) >= 11 is 0. The minimum Gasteiger partial charge on any atom is -0.356 e. The summed E-state index contributed by atoms with van der Waals surface area (Å²) < 4.78 is 10.4. The van der Waals surface area contributed by atoms with Crippen LogP contribution in [0, 0.1) is 28.4 Å². The number of carbonyl (C=O) groups is 2. The summed E-state index contributed by atoms with van der Waals surface area (Å²) in [6.45, 7) is 2.29. The molecule has 0 spiro atoms. The van der Waals surface area contributed by atoms with E-state index in [9.17, 15) is 19.7 Å². The summed E-state index contributed by atoms with van der Waals surface area (Å²) in [6, 6.07) is 4.47. The summed E-state index contributed by atoms with van der Waals surface area (Å²) in [4.78, 5) is 34.4. The van der Waals surface area contributed by atoms with Gasteiger partial charge in [-0.05, 0) is 25.5 Å². The van der Waals surface area contributed by atoms with E-state index in [0.29, 0.717) is 6.61 Å². The molecule has 0 aliphatic carbocycles. The molecule has 0 saturated heterocycles. The Balaban J connectivity index is 2.84. The average Bonchev–Trinajstić information content (AvgIpc) is 2.70. The van der Waals surface area contributed by atoms with E-state index in [-0.39, 0.29) is 37.5 Å². The van der Waals surface area contributed by atoms with Crippen molar-refractivity contribution in [2.75, 3.05) is 20.0 Å². The lowest BCUT2D eigenvalue weighted by Crippen LogP contribution is -2.42. The van der Waals surface area contributed by atoms with Crippen molar-refractivity contribution in [3.63, 3.8) is 0 Å². The normalized spacial score (nSPS) is 12.5. The number of nitrogens with one attached hydrogen (secondary N) is 2.